The molecule has 1 fully saturated rings. The molecule has 2 unspecified atom stereocenters. The first-order valence-corrected chi connectivity index (χ1v) is 8.34. The number of hydrogen-bond donors (Lipinski definition) is 1. The van der Waals surface area contributed by atoms with Gasteiger partial charge in [0.1, 0.15) is 0 Å². The van der Waals surface area contributed by atoms with Gasteiger partial charge in [-0.3, -0.25) is 4.79 Å². The molecule has 2 atom stereocenters. The van der Waals surface area contributed by atoms with Crippen LogP contribution in [0.3, 0.4) is 0 Å². The molecule has 4 heteroatoms. The molecular weight excluding hydrogens is 286 g/mol. The number of ether oxygens (including phenoxy) is 1. The molecule has 1 amide bonds. The zero-order valence-corrected chi connectivity index (χ0v) is 13.0. The van der Waals surface area contributed by atoms with Crippen molar-refractivity contribution in [2.24, 2.45) is 0 Å². The van der Waals surface area contributed by atoms with Crippen LogP contribution in [-0.2, 0) is 16.0 Å². The minimum Gasteiger partial charge on any atom is -0.378 e. The number of aryl methyl sites for hydroxylation is 1. The number of halogens is 1. The Balaban J connectivity index is 1.64. The highest BCUT2D eigenvalue weighted by Gasteiger charge is 2.19. The van der Waals surface area contributed by atoms with E-state index in [0.29, 0.717) is 12.5 Å². The number of benzene rings is 1. The molecule has 0 bridgehead atoms. The van der Waals surface area contributed by atoms with Gasteiger partial charge in [-0.1, -0.05) is 12.1 Å². The highest BCUT2D eigenvalue weighted by Crippen LogP contribution is 2.32. The number of carbonyl (C=O) groups is 1. The van der Waals surface area contributed by atoms with Gasteiger partial charge < -0.3 is 10.1 Å². The van der Waals surface area contributed by atoms with Crippen LogP contribution < -0.4 is 5.32 Å². The van der Waals surface area contributed by atoms with Crippen LogP contribution in [0.25, 0.3) is 0 Å². The molecule has 0 radical (unpaired) electrons. The monoisotopic (exact) mass is 307 g/mol. The molecule has 2 heterocycles. The van der Waals surface area contributed by atoms with Crippen LogP contribution in [0.15, 0.2) is 18.2 Å². The predicted molar refractivity (Wildman–Crippen MR) is 84.8 cm³/mol. The average molecular weight is 308 g/mol. The summed E-state index contributed by atoms with van der Waals surface area (Å²) in [5, 5.41) is 2.99. The topological polar surface area (TPSA) is 38.3 Å². The fourth-order valence-corrected chi connectivity index (χ4v) is 3.42. The largest absolute Gasteiger partial charge is 0.378 e. The number of amides is 1. The molecule has 2 aliphatic rings. The predicted octanol–water partition coefficient (Wildman–Crippen LogP) is 4.20. The van der Waals surface area contributed by atoms with Crippen molar-refractivity contribution >= 4 is 23.2 Å². The van der Waals surface area contributed by atoms with Crippen molar-refractivity contribution in [2.75, 3.05) is 11.9 Å². The number of anilines is 1. The summed E-state index contributed by atoms with van der Waals surface area (Å²) in [5.41, 5.74) is 3.31. The van der Waals surface area contributed by atoms with Gasteiger partial charge in [0.15, 0.2) is 0 Å². The zero-order valence-electron chi connectivity index (χ0n) is 12.2. The van der Waals surface area contributed by atoms with Crippen LogP contribution in [0.2, 0.25) is 0 Å². The standard InChI is InChI=1S/C17H22ClNO2/c18-15(8-7-14-4-2-10-21-14)12-6-9-16-13(11-12)3-1-5-17(20)19-16/h6,9,11,14-15H,1-5,7-8,10H2,(H,19,20). The molecule has 0 spiro atoms. The van der Waals surface area contributed by atoms with Gasteiger partial charge in [0.2, 0.25) is 5.91 Å². The number of hydrogen-bond acceptors (Lipinski definition) is 2. The van der Waals surface area contributed by atoms with Crippen LogP contribution >= 0.6 is 11.6 Å². The van der Waals surface area contributed by atoms with E-state index < -0.39 is 0 Å². The lowest BCUT2D eigenvalue weighted by Gasteiger charge is -2.15. The van der Waals surface area contributed by atoms with Crippen molar-refractivity contribution in [1.82, 2.24) is 0 Å². The van der Waals surface area contributed by atoms with E-state index in [1.54, 1.807) is 0 Å². The van der Waals surface area contributed by atoms with E-state index in [0.717, 1.165) is 43.5 Å². The molecule has 114 valence electrons. The summed E-state index contributed by atoms with van der Waals surface area (Å²) >= 11 is 6.55. The lowest BCUT2D eigenvalue weighted by molar-refractivity contribution is -0.116. The van der Waals surface area contributed by atoms with Crippen molar-refractivity contribution in [2.45, 2.75) is 56.4 Å². The van der Waals surface area contributed by atoms with Crippen molar-refractivity contribution in [3.63, 3.8) is 0 Å². The Morgan fingerprint density at radius 1 is 1.33 bits per heavy atom. The number of nitrogens with one attached hydrogen (secondary N) is 1. The van der Waals surface area contributed by atoms with E-state index in [4.69, 9.17) is 16.3 Å². The highest BCUT2D eigenvalue weighted by atomic mass is 35.5. The van der Waals surface area contributed by atoms with Crippen LogP contribution in [0.1, 0.15) is 55.0 Å². The van der Waals surface area contributed by atoms with E-state index in [1.165, 1.54) is 18.4 Å². The van der Waals surface area contributed by atoms with Crippen molar-refractivity contribution in [1.29, 1.82) is 0 Å². The molecule has 2 aliphatic heterocycles. The van der Waals surface area contributed by atoms with E-state index in [-0.39, 0.29) is 11.3 Å². The summed E-state index contributed by atoms with van der Waals surface area (Å²) in [5.74, 6) is 0.113. The zero-order chi connectivity index (χ0) is 14.7. The van der Waals surface area contributed by atoms with Gasteiger partial charge in [-0.25, -0.2) is 0 Å². The summed E-state index contributed by atoms with van der Waals surface area (Å²) in [6.07, 6.45) is 7.16. The molecule has 21 heavy (non-hydrogen) atoms. The Labute approximate surface area is 131 Å². The molecule has 1 aromatic rings. The smallest absolute Gasteiger partial charge is 0.224 e. The lowest BCUT2D eigenvalue weighted by Crippen LogP contribution is -2.09. The summed E-state index contributed by atoms with van der Waals surface area (Å²) in [7, 11) is 0. The SMILES string of the molecule is O=C1CCCc2cc(C(Cl)CCC3CCCO3)ccc2N1. The van der Waals surface area contributed by atoms with E-state index in [1.807, 2.05) is 12.1 Å². The van der Waals surface area contributed by atoms with Crippen LogP contribution in [0.5, 0.6) is 0 Å². The Kier molecular flexibility index (Phi) is 4.81. The minimum absolute atomic E-state index is 0.0263. The van der Waals surface area contributed by atoms with Crippen molar-refractivity contribution in [3.05, 3.63) is 29.3 Å². The Morgan fingerprint density at radius 3 is 3.05 bits per heavy atom. The first-order chi connectivity index (χ1) is 10.2. The average Bonchev–Trinajstić information content (AvgIpc) is 2.92. The summed E-state index contributed by atoms with van der Waals surface area (Å²) in [4.78, 5) is 11.6. The minimum atomic E-state index is 0.0263. The number of carbonyl (C=O) groups excluding carboxylic acids is 1. The van der Waals surface area contributed by atoms with E-state index in [2.05, 4.69) is 11.4 Å². The normalized spacial score (nSPS) is 23.3. The molecule has 0 aromatic heterocycles. The van der Waals surface area contributed by atoms with E-state index >= 15 is 0 Å². The maximum Gasteiger partial charge on any atom is 0.224 e. The lowest BCUT2D eigenvalue weighted by atomic mass is 9.99. The van der Waals surface area contributed by atoms with Gasteiger partial charge in [0.05, 0.1) is 11.5 Å². The van der Waals surface area contributed by atoms with Crippen molar-refractivity contribution in [3.8, 4) is 0 Å². The Hall–Kier alpha value is -1.06. The number of rotatable bonds is 4. The van der Waals surface area contributed by atoms with Gasteiger partial charge in [-0.05, 0) is 55.7 Å². The molecule has 3 rings (SSSR count). The second-order valence-corrected chi connectivity index (χ2v) is 6.53. The number of alkyl halides is 1. The van der Waals surface area contributed by atoms with Gasteiger partial charge in [-0.15, -0.1) is 11.6 Å². The molecule has 0 aliphatic carbocycles. The molecule has 1 N–H and O–H groups in total. The highest BCUT2D eigenvalue weighted by molar-refractivity contribution is 6.20. The van der Waals surface area contributed by atoms with Gasteiger partial charge in [0.25, 0.3) is 0 Å². The van der Waals surface area contributed by atoms with Crippen LogP contribution in [-0.4, -0.2) is 18.6 Å². The quantitative estimate of drug-likeness (QED) is 0.847. The maximum atomic E-state index is 11.6. The summed E-state index contributed by atoms with van der Waals surface area (Å²) in [6.45, 7) is 0.899. The Morgan fingerprint density at radius 2 is 2.24 bits per heavy atom. The fraction of sp³-hybridized carbons (Fsp3) is 0.588. The first kappa shape index (κ1) is 14.9. The van der Waals surface area contributed by atoms with Crippen LogP contribution in [0.4, 0.5) is 5.69 Å². The molecule has 1 saturated heterocycles. The van der Waals surface area contributed by atoms with Crippen LogP contribution in [0, 0.1) is 0 Å². The van der Waals surface area contributed by atoms with Crippen molar-refractivity contribution < 1.29 is 9.53 Å². The summed E-state index contributed by atoms with van der Waals surface area (Å²) < 4.78 is 5.65. The number of fused-ring (bicyclic) bond motifs is 1. The third-order valence-corrected chi connectivity index (χ3v) is 4.85. The fourth-order valence-electron chi connectivity index (χ4n) is 3.16. The maximum absolute atomic E-state index is 11.6. The second kappa shape index (κ2) is 6.80. The third kappa shape index (κ3) is 3.78. The summed E-state index contributed by atoms with van der Waals surface area (Å²) in [6, 6.07) is 6.20. The molecular formula is C17H22ClNO2. The second-order valence-electron chi connectivity index (χ2n) is 6.00. The molecule has 0 saturated carbocycles. The molecule has 3 nitrogen and oxygen atoms in total. The van der Waals surface area contributed by atoms with E-state index in [9.17, 15) is 4.79 Å². The van der Waals surface area contributed by atoms with Gasteiger partial charge >= 0.3 is 0 Å². The molecule has 1 aromatic carbocycles. The Bertz CT molecular complexity index is 512. The van der Waals surface area contributed by atoms with Gasteiger partial charge in [0, 0.05) is 18.7 Å². The third-order valence-electron chi connectivity index (χ3n) is 4.38. The van der Waals surface area contributed by atoms with Gasteiger partial charge in [-0.2, -0.15) is 0 Å². The first-order valence-electron chi connectivity index (χ1n) is 7.91.